The normalized spacial score (nSPS) is 11.4. The molecular formula is C21H24N2O4. The van der Waals surface area contributed by atoms with E-state index in [9.17, 15) is 14.4 Å². The van der Waals surface area contributed by atoms with Gasteiger partial charge in [0.25, 0.3) is 5.91 Å². The Morgan fingerprint density at radius 1 is 1.00 bits per heavy atom. The van der Waals surface area contributed by atoms with Crippen LogP contribution >= 0.6 is 0 Å². The average Bonchev–Trinajstić information content (AvgIpc) is 2.63. The highest BCUT2D eigenvalue weighted by molar-refractivity contribution is 5.93. The van der Waals surface area contributed by atoms with Crippen molar-refractivity contribution in [3.05, 3.63) is 65.2 Å². The highest BCUT2D eigenvalue weighted by atomic mass is 16.5. The maximum atomic E-state index is 12.1. The molecule has 0 aromatic heterocycles. The van der Waals surface area contributed by atoms with Crippen LogP contribution in [0.25, 0.3) is 0 Å². The molecule has 6 nitrogen and oxygen atoms in total. The second kappa shape index (κ2) is 9.52. The van der Waals surface area contributed by atoms with Crippen molar-refractivity contribution in [3.63, 3.8) is 0 Å². The summed E-state index contributed by atoms with van der Waals surface area (Å²) in [6.07, 6.45) is -0.0550. The summed E-state index contributed by atoms with van der Waals surface area (Å²) >= 11 is 0. The van der Waals surface area contributed by atoms with Crippen LogP contribution in [0.5, 0.6) is 0 Å². The van der Waals surface area contributed by atoms with Gasteiger partial charge in [-0.05, 0) is 42.7 Å². The van der Waals surface area contributed by atoms with Crippen molar-refractivity contribution >= 4 is 23.5 Å². The molecule has 27 heavy (non-hydrogen) atoms. The fourth-order valence-corrected chi connectivity index (χ4v) is 2.57. The van der Waals surface area contributed by atoms with Crippen LogP contribution in [0.4, 0.5) is 5.69 Å². The molecule has 2 amide bonds. The van der Waals surface area contributed by atoms with Crippen LogP contribution in [0.2, 0.25) is 0 Å². The van der Waals surface area contributed by atoms with E-state index in [1.54, 1.807) is 6.07 Å². The summed E-state index contributed by atoms with van der Waals surface area (Å²) in [5, 5.41) is 5.42. The molecule has 2 aromatic carbocycles. The average molecular weight is 368 g/mol. The van der Waals surface area contributed by atoms with E-state index >= 15 is 0 Å². The fourth-order valence-electron chi connectivity index (χ4n) is 2.57. The molecule has 0 saturated heterocycles. The maximum absolute atomic E-state index is 12.1. The molecule has 0 spiro atoms. The molecule has 0 radical (unpaired) electrons. The van der Waals surface area contributed by atoms with Crippen LogP contribution < -0.4 is 10.6 Å². The van der Waals surface area contributed by atoms with Crippen LogP contribution in [0, 0.1) is 13.8 Å². The Morgan fingerprint density at radius 3 is 2.33 bits per heavy atom. The molecule has 0 bridgehead atoms. The molecule has 2 N–H and O–H groups in total. The molecule has 0 unspecified atom stereocenters. The van der Waals surface area contributed by atoms with E-state index in [1.807, 2.05) is 56.3 Å². The molecule has 0 saturated carbocycles. The SMILES string of the molecule is CC(=O)N[C@H](CC(=O)OCC(=O)Nc1ccc(C)c(C)c1)c1ccccc1. The number of ether oxygens (including phenoxy) is 1. The Bertz CT molecular complexity index is 818. The van der Waals surface area contributed by atoms with Gasteiger partial charge in [-0.15, -0.1) is 0 Å². The molecule has 2 aromatic rings. The zero-order valence-electron chi connectivity index (χ0n) is 15.7. The third-order valence-electron chi connectivity index (χ3n) is 4.11. The van der Waals surface area contributed by atoms with Gasteiger partial charge in [0.05, 0.1) is 12.5 Å². The van der Waals surface area contributed by atoms with Crippen molar-refractivity contribution in [1.29, 1.82) is 0 Å². The standard InChI is InChI=1S/C21H24N2O4/c1-14-9-10-18(11-15(14)2)23-20(25)13-27-21(26)12-19(22-16(3)24)17-7-5-4-6-8-17/h4-11,19H,12-13H2,1-3H3,(H,22,24)(H,23,25)/t19-/m1/s1. The van der Waals surface area contributed by atoms with Gasteiger partial charge in [-0.2, -0.15) is 0 Å². The molecule has 0 fully saturated rings. The smallest absolute Gasteiger partial charge is 0.308 e. The van der Waals surface area contributed by atoms with Crippen LogP contribution in [-0.2, 0) is 19.1 Å². The van der Waals surface area contributed by atoms with Gasteiger partial charge in [0.15, 0.2) is 6.61 Å². The topological polar surface area (TPSA) is 84.5 Å². The van der Waals surface area contributed by atoms with E-state index in [4.69, 9.17) is 4.74 Å². The number of carbonyl (C=O) groups excluding carboxylic acids is 3. The second-order valence-electron chi connectivity index (χ2n) is 6.38. The van der Waals surface area contributed by atoms with E-state index in [1.165, 1.54) is 6.92 Å². The van der Waals surface area contributed by atoms with Crippen molar-refractivity contribution in [3.8, 4) is 0 Å². The van der Waals surface area contributed by atoms with Crippen molar-refractivity contribution in [1.82, 2.24) is 5.32 Å². The Balaban J connectivity index is 1.88. The lowest BCUT2D eigenvalue weighted by Gasteiger charge is -2.17. The monoisotopic (exact) mass is 368 g/mol. The van der Waals surface area contributed by atoms with Crippen molar-refractivity contribution < 1.29 is 19.1 Å². The third kappa shape index (κ3) is 6.58. The van der Waals surface area contributed by atoms with Gasteiger partial charge >= 0.3 is 5.97 Å². The Morgan fingerprint density at radius 2 is 1.70 bits per heavy atom. The quantitative estimate of drug-likeness (QED) is 0.736. The van der Waals surface area contributed by atoms with Gasteiger partial charge in [0.1, 0.15) is 0 Å². The van der Waals surface area contributed by atoms with Crippen molar-refractivity contribution in [2.45, 2.75) is 33.2 Å². The van der Waals surface area contributed by atoms with Crippen LogP contribution in [-0.4, -0.2) is 24.4 Å². The minimum atomic E-state index is -0.562. The Labute approximate surface area is 158 Å². The maximum Gasteiger partial charge on any atom is 0.308 e. The van der Waals surface area contributed by atoms with Crippen LogP contribution in [0.15, 0.2) is 48.5 Å². The lowest BCUT2D eigenvalue weighted by Crippen LogP contribution is -2.29. The van der Waals surface area contributed by atoms with Crippen molar-refractivity contribution in [2.24, 2.45) is 0 Å². The molecule has 142 valence electrons. The predicted octanol–water partition coefficient (Wildman–Crippen LogP) is 3.05. The Kier molecular flexibility index (Phi) is 7.11. The largest absolute Gasteiger partial charge is 0.455 e. The molecule has 0 heterocycles. The highest BCUT2D eigenvalue weighted by Crippen LogP contribution is 2.17. The molecule has 0 aliphatic heterocycles. The number of amides is 2. The molecule has 0 aliphatic carbocycles. The number of benzene rings is 2. The number of carbonyl (C=O) groups is 3. The Hall–Kier alpha value is -3.15. The van der Waals surface area contributed by atoms with E-state index in [-0.39, 0.29) is 18.9 Å². The summed E-state index contributed by atoms with van der Waals surface area (Å²) in [5.74, 6) is -1.22. The molecular weight excluding hydrogens is 344 g/mol. The van der Waals surface area contributed by atoms with Gasteiger partial charge in [-0.1, -0.05) is 36.4 Å². The number of aryl methyl sites for hydroxylation is 2. The number of rotatable bonds is 7. The molecule has 2 rings (SSSR count). The predicted molar refractivity (Wildman–Crippen MR) is 103 cm³/mol. The molecule has 6 heteroatoms. The number of nitrogens with one attached hydrogen (secondary N) is 2. The zero-order valence-corrected chi connectivity index (χ0v) is 15.7. The van der Waals surface area contributed by atoms with E-state index in [0.717, 1.165) is 16.7 Å². The summed E-state index contributed by atoms with van der Waals surface area (Å²) in [4.78, 5) is 35.5. The highest BCUT2D eigenvalue weighted by Gasteiger charge is 2.18. The fraction of sp³-hybridized carbons (Fsp3) is 0.286. The lowest BCUT2D eigenvalue weighted by molar-refractivity contribution is -0.148. The van der Waals surface area contributed by atoms with Gasteiger partial charge < -0.3 is 15.4 Å². The van der Waals surface area contributed by atoms with E-state index in [2.05, 4.69) is 10.6 Å². The number of anilines is 1. The second-order valence-corrected chi connectivity index (χ2v) is 6.38. The summed E-state index contributed by atoms with van der Waals surface area (Å²) in [5.41, 5.74) is 3.64. The summed E-state index contributed by atoms with van der Waals surface area (Å²) in [6, 6.07) is 14.2. The first-order chi connectivity index (χ1) is 12.8. The lowest BCUT2D eigenvalue weighted by atomic mass is 10.0. The third-order valence-corrected chi connectivity index (χ3v) is 4.11. The summed E-state index contributed by atoms with van der Waals surface area (Å²) < 4.78 is 5.06. The minimum Gasteiger partial charge on any atom is -0.455 e. The minimum absolute atomic E-state index is 0.0550. The first-order valence-corrected chi connectivity index (χ1v) is 8.70. The van der Waals surface area contributed by atoms with Gasteiger partial charge in [-0.25, -0.2) is 0 Å². The van der Waals surface area contributed by atoms with Gasteiger partial charge in [-0.3, -0.25) is 14.4 Å². The van der Waals surface area contributed by atoms with Gasteiger partial charge in [0.2, 0.25) is 5.91 Å². The van der Waals surface area contributed by atoms with Crippen LogP contribution in [0.3, 0.4) is 0 Å². The number of hydrogen-bond acceptors (Lipinski definition) is 4. The van der Waals surface area contributed by atoms with E-state index < -0.39 is 17.9 Å². The first kappa shape index (κ1) is 20.2. The van der Waals surface area contributed by atoms with Crippen LogP contribution in [0.1, 0.15) is 36.1 Å². The number of esters is 1. The van der Waals surface area contributed by atoms with E-state index in [0.29, 0.717) is 5.69 Å². The molecule has 0 aliphatic rings. The zero-order chi connectivity index (χ0) is 19.8. The summed E-state index contributed by atoms with van der Waals surface area (Å²) in [6.45, 7) is 4.95. The van der Waals surface area contributed by atoms with Gasteiger partial charge in [0, 0.05) is 12.6 Å². The number of hydrogen-bond donors (Lipinski definition) is 2. The molecule has 1 atom stereocenters. The van der Waals surface area contributed by atoms with Crippen molar-refractivity contribution in [2.75, 3.05) is 11.9 Å². The summed E-state index contributed by atoms with van der Waals surface area (Å²) in [7, 11) is 0. The first-order valence-electron chi connectivity index (χ1n) is 8.70.